The summed E-state index contributed by atoms with van der Waals surface area (Å²) in [5, 5.41) is 6.98. The monoisotopic (exact) mass is 363 g/mol. The molecule has 1 unspecified atom stereocenters. The van der Waals surface area contributed by atoms with Crippen molar-refractivity contribution in [3.05, 3.63) is 77.3 Å². The van der Waals surface area contributed by atoms with Crippen molar-refractivity contribution in [2.45, 2.75) is 19.5 Å². The Morgan fingerprint density at radius 1 is 1.19 bits per heavy atom. The average Bonchev–Trinajstić information content (AvgIpc) is 3.31. The van der Waals surface area contributed by atoms with Crippen LogP contribution < -0.4 is 11.1 Å². The van der Waals surface area contributed by atoms with Gasteiger partial charge in [0.2, 0.25) is 5.91 Å². The fourth-order valence-electron chi connectivity index (χ4n) is 2.94. The molecule has 8 nitrogen and oxygen atoms in total. The van der Waals surface area contributed by atoms with Gasteiger partial charge >= 0.3 is 5.76 Å². The van der Waals surface area contributed by atoms with E-state index in [0.717, 1.165) is 11.3 Å². The number of nitrogens with one attached hydrogen (secondary N) is 1. The molecule has 0 bridgehead atoms. The molecule has 2 aromatic heterocycles. The van der Waals surface area contributed by atoms with Crippen molar-refractivity contribution < 1.29 is 9.21 Å². The Labute approximate surface area is 154 Å². The van der Waals surface area contributed by atoms with Crippen LogP contribution in [0.3, 0.4) is 0 Å². The molecule has 0 spiro atoms. The van der Waals surface area contributed by atoms with Crippen molar-refractivity contribution >= 4 is 17.0 Å². The van der Waals surface area contributed by atoms with Crippen LogP contribution in [0.2, 0.25) is 0 Å². The number of aromatic nitrogens is 4. The molecule has 8 heteroatoms. The smallest absolute Gasteiger partial charge is 0.408 e. The number of rotatable bonds is 5. The van der Waals surface area contributed by atoms with Gasteiger partial charge in [-0.3, -0.25) is 9.36 Å². The lowest BCUT2D eigenvalue weighted by Gasteiger charge is -2.15. The minimum atomic E-state index is -0.545. The zero-order chi connectivity index (χ0) is 18.8. The van der Waals surface area contributed by atoms with Gasteiger partial charge in [-0.1, -0.05) is 24.3 Å². The zero-order valence-electron chi connectivity index (χ0n) is 14.6. The minimum Gasteiger partial charge on any atom is -0.408 e. The Bertz CT molecular complexity index is 1130. The Morgan fingerprint density at radius 2 is 1.96 bits per heavy atom. The molecular formula is C19H17N5O3. The number of benzene rings is 2. The van der Waals surface area contributed by atoms with Crippen LogP contribution in [0.15, 0.2) is 70.4 Å². The summed E-state index contributed by atoms with van der Waals surface area (Å²) in [7, 11) is 0. The molecule has 2 aromatic carbocycles. The lowest BCUT2D eigenvalue weighted by molar-refractivity contribution is -0.122. The zero-order valence-corrected chi connectivity index (χ0v) is 14.6. The van der Waals surface area contributed by atoms with Gasteiger partial charge < -0.3 is 9.73 Å². The van der Waals surface area contributed by atoms with E-state index >= 15 is 0 Å². The average molecular weight is 363 g/mol. The third kappa shape index (κ3) is 3.37. The molecule has 0 radical (unpaired) electrons. The molecule has 27 heavy (non-hydrogen) atoms. The van der Waals surface area contributed by atoms with Gasteiger partial charge in [-0.25, -0.2) is 14.5 Å². The van der Waals surface area contributed by atoms with E-state index in [1.165, 1.54) is 10.9 Å². The minimum absolute atomic E-state index is 0.1000. The SMILES string of the molecule is CC(NC(=O)Cn1c(=O)oc2ccccc21)c1ccc(-n2cncn2)cc1. The van der Waals surface area contributed by atoms with Gasteiger partial charge in [0.15, 0.2) is 5.58 Å². The summed E-state index contributed by atoms with van der Waals surface area (Å²) >= 11 is 0. The van der Waals surface area contributed by atoms with E-state index in [0.29, 0.717) is 11.1 Å². The van der Waals surface area contributed by atoms with Crippen molar-refractivity contribution in [3.8, 4) is 5.69 Å². The number of hydrogen-bond acceptors (Lipinski definition) is 5. The molecule has 4 aromatic rings. The first-order valence-corrected chi connectivity index (χ1v) is 8.44. The number of hydrogen-bond donors (Lipinski definition) is 1. The van der Waals surface area contributed by atoms with Crippen LogP contribution in [0, 0.1) is 0 Å². The molecule has 1 amide bonds. The molecule has 0 aliphatic heterocycles. The van der Waals surface area contributed by atoms with Crippen molar-refractivity contribution in [1.82, 2.24) is 24.6 Å². The predicted molar refractivity (Wildman–Crippen MR) is 98.4 cm³/mol. The highest BCUT2D eigenvalue weighted by molar-refractivity contribution is 5.79. The molecule has 0 aliphatic rings. The first-order chi connectivity index (χ1) is 13.1. The quantitative estimate of drug-likeness (QED) is 0.586. The van der Waals surface area contributed by atoms with Crippen LogP contribution in [0.5, 0.6) is 0 Å². The molecule has 0 saturated carbocycles. The second-order valence-electron chi connectivity index (χ2n) is 6.14. The van der Waals surface area contributed by atoms with E-state index in [1.807, 2.05) is 31.2 Å². The largest absolute Gasteiger partial charge is 0.420 e. The van der Waals surface area contributed by atoms with Gasteiger partial charge in [-0.15, -0.1) is 0 Å². The summed E-state index contributed by atoms with van der Waals surface area (Å²) in [6.45, 7) is 1.79. The third-order valence-corrected chi connectivity index (χ3v) is 4.33. The van der Waals surface area contributed by atoms with Crippen molar-refractivity contribution in [1.29, 1.82) is 0 Å². The number of carbonyl (C=O) groups excluding carboxylic acids is 1. The summed E-state index contributed by atoms with van der Waals surface area (Å²) in [5.41, 5.74) is 2.89. The summed E-state index contributed by atoms with van der Waals surface area (Å²) < 4.78 is 8.13. The van der Waals surface area contributed by atoms with Gasteiger partial charge in [0.1, 0.15) is 19.2 Å². The Morgan fingerprint density at radius 3 is 2.70 bits per heavy atom. The molecule has 0 fully saturated rings. The summed E-state index contributed by atoms with van der Waals surface area (Å²) in [6, 6.07) is 14.5. The molecule has 1 atom stereocenters. The lowest BCUT2D eigenvalue weighted by atomic mass is 10.1. The molecule has 2 heterocycles. The number of amides is 1. The second kappa shape index (κ2) is 6.91. The van der Waals surface area contributed by atoms with Crippen LogP contribution in [0.4, 0.5) is 0 Å². The predicted octanol–water partition coefficient (Wildman–Crippen LogP) is 2.05. The van der Waals surface area contributed by atoms with Crippen LogP contribution in [0.1, 0.15) is 18.5 Å². The van der Waals surface area contributed by atoms with Crippen LogP contribution in [-0.2, 0) is 11.3 Å². The normalized spacial score (nSPS) is 12.2. The third-order valence-electron chi connectivity index (χ3n) is 4.33. The Hall–Kier alpha value is -3.68. The van der Waals surface area contributed by atoms with E-state index in [2.05, 4.69) is 15.4 Å². The van der Waals surface area contributed by atoms with Crippen molar-refractivity contribution in [2.75, 3.05) is 0 Å². The topological polar surface area (TPSA) is 95.0 Å². The van der Waals surface area contributed by atoms with E-state index in [4.69, 9.17) is 4.42 Å². The highest BCUT2D eigenvalue weighted by Crippen LogP contribution is 2.16. The molecule has 4 rings (SSSR count). The van der Waals surface area contributed by atoms with E-state index < -0.39 is 5.76 Å². The molecule has 1 N–H and O–H groups in total. The number of nitrogens with zero attached hydrogens (tertiary/aromatic N) is 4. The standard InChI is InChI=1S/C19H17N5O3/c1-13(14-6-8-15(9-7-14)24-12-20-11-21-24)22-18(25)10-23-16-4-2-3-5-17(16)27-19(23)26/h2-9,11-13H,10H2,1H3,(H,22,25). The molecule has 136 valence electrons. The number of fused-ring (bicyclic) bond motifs is 1. The van der Waals surface area contributed by atoms with Gasteiger partial charge in [0.25, 0.3) is 0 Å². The van der Waals surface area contributed by atoms with Crippen LogP contribution in [-0.4, -0.2) is 25.2 Å². The second-order valence-corrected chi connectivity index (χ2v) is 6.14. The van der Waals surface area contributed by atoms with E-state index in [1.54, 1.807) is 35.3 Å². The van der Waals surface area contributed by atoms with Gasteiger partial charge in [-0.2, -0.15) is 5.10 Å². The molecule has 0 saturated heterocycles. The van der Waals surface area contributed by atoms with E-state index in [9.17, 15) is 9.59 Å². The number of para-hydroxylation sites is 2. The maximum atomic E-state index is 12.4. The highest BCUT2D eigenvalue weighted by atomic mass is 16.4. The Kier molecular flexibility index (Phi) is 4.29. The molecular weight excluding hydrogens is 346 g/mol. The van der Waals surface area contributed by atoms with Gasteiger partial charge in [0, 0.05) is 0 Å². The van der Waals surface area contributed by atoms with Crippen molar-refractivity contribution in [2.24, 2.45) is 0 Å². The van der Waals surface area contributed by atoms with E-state index in [-0.39, 0.29) is 18.5 Å². The number of carbonyl (C=O) groups is 1. The van der Waals surface area contributed by atoms with Crippen LogP contribution >= 0.6 is 0 Å². The maximum Gasteiger partial charge on any atom is 0.420 e. The van der Waals surface area contributed by atoms with Crippen molar-refractivity contribution in [3.63, 3.8) is 0 Å². The fourth-order valence-corrected chi connectivity index (χ4v) is 2.94. The first-order valence-electron chi connectivity index (χ1n) is 8.44. The summed E-state index contributed by atoms with van der Waals surface area (Å²) in [5.74, 6) is -0.812. The highest BCUT2D eigenvalue weighted by Gasteiger charge is 2.15. The molecule has 0 aliphatic carbocycles. The summed E-state index contributed by atoms with van der Waals surface area (Å²) in [4.78, 5) is 28.3. The fraction of sp³-hybridized carbons (Fsp3) is 0.158. The maximum absolute atomic E-state index is 12.4. The van der Waals surface area contributed by atoms with Gasteiger partial charge in [-0.05, 0) is 36.8 Å². The van der Waals surface area contributed by atoms with Crippen LogP contribution in [0.25, 0.3) is 16.8 Å². The number of oxazole rings is 1. The Balaban J connectivity index is 1.46. The first kappa shape index (κ1) is 16.8. The lowest BCUT2D eigenvalue weighted by Crippen LogP contribution is -2.32. The van der Waals surface area contributed by atoms with Gasteiger partial charge in [0.05, 0.1) is 17.2 Å². The summed E-state index contributed by atoms with van der Waals surface area (Å²) in [6.07, 6.45) is 3.09.